The van der Waals surface area contributed by atoms with E-state index >= 15 is 0 Å². The third-order valence-electron chi connectivity index (χ3n) is 2.78. The van der Waals surface area contributed by atoms with Gasteiger partial charge in [0.15, 0.2) is 5.13 Å². The molecule has 0 spiro atoms. The van der Waals surface area contributed by atoms with E-state index in [0.29, 0.717) is 12.1 Å². The highest BCUT2D eigenvalue weighted by atomic mass is 32.1. The number of para-hydroxylation sites is 2. The molecule has 0 aliphatic carbocycles. The molecule has 0 fully saturated rings. The second-order valence-corrected chi connectivity index (χ2v) is 5.22. The first kappa shape index (κ1) is 12.9. The normalized spacial score (nSPS) is 10.7. The number of hydrogen-bond acceptors (Lipinski definition) is 4. The summed E-state index contributed by atoms with van der Waals surface area (Å²) in [6, 6.07) is 12.3. The molecular weight excluding hydrogens is 275 g/mol. The van der Waals surface area contributed by atoms with Crippen LogP contribution in [0.25, 0.3) is 10.2 Å². The van der Waals surface area contributed by atoms with Gasteiger partial charge in [-0.3, -0.25) is 0 Å². The molecule has 0 amide bonds. The molecule has 1 N–H and O–H groups in total. The number of rotatable bonds is 4. The summed E-state index contributed by atoms with van der Waals surface area (Å²) in [5, 5.41) is 3.95. The molecule has 0 unspecified atom stereocenters. The first-order valence-electron chi connectivity index (χ1n) is 6.31. The van der Waals surface area contributed by atoms with Gasteiger partial charge in [0.25, 0.3) is 0 Å². The lowest BCUT2D eigenvalue weighted by Crippen LogP contribution is -1.97. The van der Waals surface area contributed by atoms with Crippen molar-refractivity contribution < 1.29 is 9.13 Å². The Morgan fingerprint density at radius 3 is 2.95 bits per heavy atom. The van der Waals surface area contributed by atoms with Crippen molar-refractivity contribution in [3.05, 3.63) is 48.3 Å². The Hall–Kier alpha value is -2.14. The van der Waals surface area contributed by atoms with Gasteiger partial charge in [-0.25, -0.2) is 9.37 Å². The van der Waals surface area contributed by atoms with E-state index in [1.165, 1.54) is 23.5 Å². The van der Waals surface area contributed by atoms with Crippen molar-refractivity contribution in [3.8, 4) is 5.75 Å². The summed E-state index contributed by atoms with van der Waals surface area (Å²) in [7, 11) is 0. The van der Waals surface area contributed by atoms with Crippen LogP contribution < -0.4 is 10.1 Å². The lowest BCUT2D eigenvalue weighted by Gasteiger charge is -2.09. The summed E-state index contributed by atoms with van der Waals surface area (Å²) in [6.45, 7) is 2.54. The monoisotopic (exact) mass is 288 g/mol. The number of fused-ring (bicyclic) bond motifs is 1. The van der Waals surface area contributed by atoms with E-state index in [2.05, 4.69) is 10.3 Å². The Morgan fingerprint density at radius 1 is 1.25 bits per heavy atom. The van der Waals surface area contributed by atoms with Crippen LogP contribution in [0.4, 0.5) is 15.2 Å². The lowest BCUT2D eigenvalue weighted by molar-refractivity contribution is 0.342. The van der Waals surface area contributed by atoms with Crippen molar-refractivity contribution >= 4 is 32.4 Å². The Bertz CT molecular complexity index is 742. The molecule has 3 nitrogen and oxygen atoms in total. The molecule has 1 heterocycles. The standard InChI is InChI=1S/C15H13FN2OS/c1-2-19-13-6-4-3-5-11(13)17-15-18-12-9-10(16)7-8-14(12)20-15/h3-9H,2H2,1H3,(H,17,18). The van der Waals surface area contributed by atoms with Gasteiger partial charge in [-0.15, -0.1) is 0 Å². The van der Waals surface area contributed by atoms with Crippen molar-refractivity contribution in [2.75, 3.05) is 11.9 Å². The number of thiazole rings is 1. The third-order valence-corrected chi connectivity index (χ3v) is 3.73. The van der Waals surface area contributed by atoms with Crippen LogP contribution in [0, 0.1) is 5.82 Å². The number of anilines is 2. The molecule has 2 aromatic carbocycles. The molecule has 0 bridgehead atoms. The number of halogens is 1. The van der Waals surface area contributed by atoms with Gasteiger partial charge in [0.05, 0.1) is 22.5 Å². The third kappa shape index (κ3) is 2.58. The van der Waals surface area contributed by atoms with Crippen LogP contribution in [-0.4, -0.2) is 11.6 Å². The number of benzene rings is 2. The fraction of sp³-hybridized carbons (Fsp3) is 0.133. The summed E-state index contributed by atoms with van der Waals surface area (Å²) >= 11 is 1.48. The molecule has 0 saturated heterocycles. The number of ether oxygens (including phenoxy) is 1. The second-order valence-electron chi connectivity index (χ2n) is 4.19. The van der Waals surface area contributed by atoms with Gasteiger partial charge in [0, 0.05) is 6.07 Å². The fourth-order valence-corrected chi connectivity index (χ4v) is 2.78. The average Bonchev–Trinajstić information content (AvgIpc) is 2.82. The molecule has 20 heavy (non-hydrogen) atoms. The van der Waals surface area contributed by atoms with Crippen LogP contribution in [0.3, 0.4) is 0 Å². The lowest BCUT2D eigenvalue weighted by atomic mass is 10.3. The molecule has 0 saturated carbocycles. The zero-order valence-electron chi connectivity index (χ0n) is 10.9. The predicted octanol–water partition coefficient (Wildman–Crippen LogP) is 4.58. The van der Waals surface area contributed by atoms with Crippen LogP contribution in [0.1, 0.15) is 6.92 Å². The van der Waals surface area contributed by atoms with Crippen LogP contribution >= 0.6 is 11.3 Å². The highest BCUT2D eigenvalue weighted by molar-refractivity contribution is 7.22. The Labute approximate surface area is 120 Å². The highest BCUT2D eigenvalue weighted by Gasteiger charge is 2.08. The van der Waals surface area contributed by atoms with Gasteiger partial charge >= 0.3 is 0 Å². The molecule has 3 aromatic rings. The van der Waals surface area contributed by atoms with E-state index in [1.807, 2.05) is 31.2 Å². The summed E-state index contributed by atoms with van der Waals surface area (Å²) < 4.78 is 19.7. The van der Waals surface area contributed by atoms with E-state index in [4.69, 9.17) is 4.74 Å². The molecule has 0 radical (unpaired) electrons. The quantitative estimate of drug-likeness (QED) is 0.763. The van der Waals surface area contributed by atoms with Crippen molar-refractivity contribution in [3.63, 3.8) is 0 Å². The van der Waals surface area contributed by atoms with Crippen molar-refractivity contribution in [1.82, 2.24) is 4.98 Å². The highest BCUT2D eigenvalue weighted by Crippen LogP contribution is 2.32. The summed E-state index contributed by atoms with van der Waals surface area (Å²) in [6.07, 6.45) is 0. The zero-order valence-corrected chi connectivity index (χ0v) is 11.7. The second kappa shape index (κ2) is 5.46. The minimum Gasteiger partial charge on any atom is -0.492 e. The van der Waals surface area contributed by atoms with Crippen LogP contribution in [0.2, 0.25) is 0 Å². The van der Waals surface area contributed by atoms with Gasteiger partial charge < -0.3 is 10.1 Å². The van der Waals surface area contributed by atoms with Gasteiger partial charge in [0.1, 0.15) is 11.6 Å². The average molecular weight is 288 g/mol. The van der Waals surface area contributed by atoms with Crippen LogP contribution in [0.5, 0.6) is 5.75 Å². The maximum atomic E-state index is 13.2. The first-order valence-corrected chi connectivity index (χ1v) is 7.13. The Morgan fingerprint density at radius 2 is 2.10 bits per heavy atom. The van der Waals surface area contributed by atoms with Gasteiger partial charge in [-0.05, 0) is 31.2 Å². The van der Waals surface area contributed by atoms with E-state index in [9.17, 15) is 4.39 Å². The fourth-order valence-electron chi connectivity index (χ4n) is 1.92. The minimum absolute atomic E-state index is 0.274. The van der Waals surface area contributed by atoms with Gasteiger partial charge in [-0.1, -0.05) is 23.5 Å². The first-order chi connectivity index (χ1) is 9.76. The van der Waals surface area contributed by atoms with E-state index < -0.39 is 0 Å². The largest absolute Gasteiger partial charge is 0.492 e. The van der Waals surface area contributed by atoms with Crippen LogP contribution in [0.15, 0.2) is 42.5 Å². The topological polar surface area (TPSA) is 34.1 Å². The Balaban J connectivity index is 1.93. The SMILES string of the molecule is CCOc1ccccc1Nc1nc2cc(F)ccc2s1. The van der Waals surface area contributed by atoms with Crippen molar-refractivity contribution in [1.29, 1.82) is 0 Å². The maximum absolute atomic E-state index is 13.2. The summed E-state index contributed by atoms with van der Waals surface area (Å²) in [4.78, 5) is 4.38. The number of hydrogen-bond donors (Lipinski definition) is 1. The molecule has 0 aliphatic heterocycles. The zero-order chi connectivity index (χ0) is 13.9. The molecular formula is C15H13FN2OS. The van der Waals surface area contributed by atoms with Crippen molar-refractivity contribution in [2.24, 2.45) is 0 Å². The number of nitrogens with one attached hydrogen (secondary N) is 1. The molecule has 3 rings (SSSR count). The molecule has 0 aliphatic rings. The molecule has 5 heteroatoms. The van der Waals surface area contributed by atoms with E-state index in [-0.39, 0.29) is 5.82 Å². The maximum Gasteiger partial charge on any atom is 0.188 e. The molecule has 1 aromatic heterocycles. The summed E-state index contributed by atoms with van der Waals surface area (Å²) in [5.74, 6) is 0.504. The van der Waals surface area contributed by atoms with Crippen molar-refractivity contribution in [2.45, 2.75) is 6.92 Å². The van der Waals surface area contributed by atoms with E-state index in [1.54, 1.807) is 6.07 Å². The van der Waals surface area contributed by atoms with E-state index in [0.717, 1.165) is 21.3 Å². The number of nitrogens with zero attached hydrogens (tertiary/aromatic N) is 1. The molecule has 0 atom stereocenters. The smallest absolute Gasteiger partial charge is 0.188 e. The van der Waals surface area contributed by atoms with Crippen LogP contribution in [-0.2, 0) is 0 Å². The molecule has 102 valence electrons. The predicted molar refractivity (Wildman–Crippen MR) is 80.5 cm³/mol. The van der Waals surface area contributed by atoms with Gasteiger partial charge in [-0.2, -0.15) is 0 Å². The summed E-state index contributed by atoms with van der Waals surface area (Å²) in [5.41, 5.74) is 1.51. The number of aromatic nitrogens is 1. The minimum atomic E-state index is -0.274. The Kier molecular flexibility index (Phi) is 3.52. The van der Waals surface area contributed by atoms with Gasteiger partial charge in [0.2, 0.25) is 0 Å².